The van der Waals surface area contributed by atoms with Gasteiger partial charge in [-0.3, -0.25) is 15.0 Å². The van der Waals surface area contributed by atoms with E-state index in [2.05, 4.69) is 77.8 Å². The normalized spacial score (nSPS) is 12.9. The minimum absolute atomic E-state index is 0.253. The molecule has 6 nitrogen and oxygen atoms in total. The molecule has 0 rings (SSSR count). The van der Waals surface area contributed by atoms with Crippen LogP contribution in [0.4, 0.5) is 0 Å². The Kier molecular flexibility index (Phi) is 19.8. The first-order valence-electron chi connectivity index (χ1n) is 13.0. The quantitative estimate of drug-likeness (QED) is 0.107. The van der Waals surface area contributed by atoms with Crippen molar-refractivity contribution in [3.8, 4) is 0 Å². The van der Waals surface area contributed by atoms with Crippen LogP contribution in [-0.2, 0) is 19.1 Å². The van der Waals surface area contributed by atoms with Crippen LogP contribution >= 0.6 is 0 Å². The van der Waals surface area contributed by atoms with Crippen molar-refractivity contribution in [3.63, 3.8) is 0 Å². The van der Waals surface area contributed by atoms with Crippen molar-refractivity contribution >= 4 is 17.8 Å². The second kappa shape index (κ2) is 21.8. The van der Waals surface area contributed by atoms with Crippen LogP contribution in [0, 0.1) is 0 Å². The van der Waals surface area contributed by atoms with Gasteiger partial charge in [0, 0.05) is 18.6 Å². The number of nitrogens with one attached hydrogen (secondary N) is 1. The van der Waals surface area contributed by atoms with Crippen molar-refractivity contribution in [1.82, 2.24) is 10.4 Å². The number of carbonyl (C=O) groups is 3. The molecule has 0 aliphatic rings. The van der Waals surface area contributed by atoms with Gasteiger partial charge < -0.3 is 4.74 Å². The molecule has 0 heterocycles. The van der Waals surface area contributed by atoms with Crippen LogP contribution in [0.25, 0.3) is 0 Å². The Labute approximate surface area is 224 Å². The molecular formula is C31H46N2O4. The van der Waals surface area contributed by atoms with Crippen LogP contribution in [0.2, 0.25) is 0 Å². The van der Waals surface area contributed by atoms with Crippen molar-refractivity contribution in [3.05, 3.63) is 85.1 Å². The standard InChI is InChI=1S/C31H46N2O4/c1-6-7-8-9-10-11-12-13-14-15-16-17-18-19-20-21-22-23-24-25-28(34)32-33(31(2,3)4)29(35)26-27-30(36)37-5/h7-8,10-11,13-14,16-17,19-20,22-23,26-27H,6,9,12,15,18,21,24-25H2,1-5H3,(H,32,34)/b8-7-,11-10-,14-13-,17-16-,20-19-,23-22-,27-26?. The van der Waals surface area contributed by atoms with Crippen LogP contribution in [0.5, 0.6) is 0 Å². The zero-order chi connectivity index (χ0) is 27.8. The second-order valence-electron chi connectivity index (χ2n) is 9.19. The summed E-state index contributed by atoms with van der Waals surface area (Å²) in [5.74, 6) is -1.40. The monoisotopic (exact) mass is 510 g/mol. The Hall–Kier alpha value is -3.41. The zero-order valence-corrected chi connectivity index (χ0v) is 23.3. The maximum atomic E-state index is 12.4. The van der Waals surface area contributed by atoms with Crippen LogP contribution < -0.4 is 5.43 Å². The van der Waals surface area contributed by atoms with Crippen molar-refractivity contribution < 1.29 is 19.1 Å². The van der Waals surface area contributed by atoms with Gasteiger partial charge in [0.2, 0.25) is 5.91 Å². The highest BCUT2D eigenvalue weighted by atomic mass is 16.5. The van der Waals surface area contributed by atoms with Gasteiger partial charge in [-0.15, -0.1) is 0 Å². The summed E-state index contributed by atoms with van der Waals surface area (Å²) in [5.41, 5.74) is 1.98. The number of nitrogens with zero attached hydrogens (tertiary/aromatic N) is 1. The van der Waals surface area contributed by atoms with Crippen molar-refractivity contribution in [1.29, 1.82) is 0 Å². The molecule has 0 unspecified atom stereocenters. The highest BCUT2D eigenvalue weighted by molar-refractivity contribution is 5.95. The second-order valence-corrected chi connectivity index (χ2v) is 9.19. The minimum Gasteiger partial charge on any atom is -0.466 e. The van der Waals surface area contributed by atoms with Crippen LogP contribution in [0.1, 0.15) is 79.1 Å². The smallest absolute Gasteiger partial charge is 0.330 e. The van der Waals surface area contributed by atoms with Gasteiger partial charge in [-0.1, -0.05) is 79.8 Å². The molecule has 2 amide bonds. The van der Waals surface area contributed by atoms with Crippen molar-refractivity contribution in [2.45, 2.75) is 84.6 Å². The van der Waals surface area contributed by atoms with Crippen LogP contribution in [0.3, 0.4) is 0 Å². The summed E-state index contributed by atoms with van der Waals surface area (Å²) >= 11 is 0. The van der Waals surface area contributed by atoms with Crippen molar-refractivity contribution in [2.75, 3.05) is 7.11 Å². The highest BCUT2D eigenvalue weighted by Gasteiger charge is 2.26. The van der Waals surface area contributed by atoms with E-state index in [1.165, 1.54) is 12.1 Å². The first-order valence-corrected chi connectivity index (χ1v) is 13.0. The average molecular weight is 511 g/mol. The van der Waals surface area contributed by atoms with Gasteiger partial charge in [-0.25, -0.2) is 9.80 Å². The molecule has 0 aliphatic carbocycles. The summed E-state index contributed by atoms with van der Waals surface area (Å²) in [6.07, 6.45) is 34.3. The summed E-state index contributed by atoms with van der Waals surface area (Å²) in [6.45, 7) is 7.52. The van der Waals surface area contributed by atoms with Gasteiger partial charge in [0.25, 0.3) is 5.91 Å². The van der Waals surface area contributed by atoms with Gasteiger partial charge in [0.05, 0.1) is 12.6 Å². The van der Waals surface area contributed by atoms with E-state index in [1.807, 2.05) is 12.2 Å². The summed E-state index contributed by atoms with van der Waals surface area (Å²) in [6, 6.07) is 0. The van der Waals surface area contributed by atoms with E-state index in [0.717, 1.165) is 50.7 Å². The fourth-order valence-electron chi connectivity index (χ4n) is 2.87. The van der Waals surface area contributed by atoms with Gasteiger partial charge >= 0.3 is 5.97 Å². The number of hydrogen-bond acceptors (Lipinski definition) is 4. The Morgan fingerprint density at radius 2 is 1.14 bits per heavy atom. The number of carbonyl (C=O) groups excluding carboxylic acids is 3. The lowest BCUT2D eigenvalue weighted by molar-refractivity contribution is -0.144. The molecule has 1 N–H and O–H groups in total. The number of amides is 2. The molecule has 0 fully saturated rings. The maximum Gasteiger partial charge on any atom is 0.330 e. The Bertz CT molecular complexity index is 868. The molecule has 6 heteroatoms. The number of hydrazine groups is 1. The zero-order valence-electron chi connectivity index (χ0n) is 23.3. The van der Waals surface area contributed by atoms with Crippen LogP contribution in [0.15, 0.2) is 85.1 Å². The van der Waals surface area contributed by atoms with E-state index < -0.39 is 17.4 Å². The van der Waals surface area contributed by atoms with Gasteiger partial charge in [-0.2, -0.15) is 0 Å². The molecule has 0 bridgehead atoms. The molecular weight excluding hydrogens is 464 g/mol. The number of allylic oxidation sites excluding steroid dienone is 12. The number of esters is 1. The molecule has 0 saturated heterocycles. The number of methoxy groups -OCH3 is 1. The average Bonchev–Trinajstić information content (AvgIpc) is 2.86. The summed E-state index contributed by atoms with van der Waals surface area (Å²) in [5, 5.41) is 1.22. The minimum atomic E-state index is -0.651. The largest absolute Gasteiger partial charge is 0.466 e. The number of ether oxygens (including phenoxy) is 1. The van der Waals surface area contributed by atoms with E-state index in [-0.39, 0.29) is 12.3 Å². The number of hydrogen-bond donors (Lipinski definition) is 1. The Balaban J connectivity index is 4.14. The molecule has 0 spiro atoms. The Morgan fingerprint density at radius 3 is 1.54 bits per heavy atom. The topological polar surface area (TPSA) is 75.7 Å². The lowest BCUT2D eigenvalue weighted by atomic mass is 10.1. The van der Waals surface area contributed by atoms with Gasteiger partial charge in [0.1, 0.15) is 0 Å². The molecule has 37 heavy (non-hydrogen) atoms. The molecule has 0 aromatic heterocycles. The number of rotatable bonds is 16. The molecule has 0 aromatic carbocycles. The summed E-state index contributed by atoms with van der Waals surface area (Å²) < 4.78 is 4.49. The predicted octanol–water partition coefficient (Wildman–Crippen LogP) is 6.85. The van der Waals surface area contributed by atoms with Crippen molar-refractivity contribution in [2.24, 2.45) is 0 Å². The van der Waals surface area contributed by atoms with E-state index in [1.54, 1.807) is 20.8 Å². The first kappa shape index (κ1) is 33.6. The summed E-state index contributed by atoms with van der Waals surface area (Å²) in [4.78, 5) is 35.9. The molecule has 0 saturated carbocycles. The molecule has 204 valence electrons. The van der Waals surface area contributed by atoms with E-state index in [4.69, 9.17) is 0 Å². The predicted molar refractivity (Wildman–Crippen MR) is 153 cm³/mol. The summed E-state index contributed by atoms with van der Waals surface area (Å²) in [7, 11) is 1.23. The highest BCUT2D eigenvalue weighted by Crippen LogP contribution is 2.12. The van der Waals surface area contributed by atoms with Gasteiger partial charge in [-0.05, 0) is 65.7 Å². The van der Waals surface area contributed by atoms with E-state index in [9.17, 15) is 14.4 Å². The SMILES string of the molecule is CC/C=C\C/C=C\C/C=C\C/C=C\C/C=C\C/C=C\CCC(=O)NN(C(=O)C=CC(=O)OC)C(C)(C)C. The molecule has 0 radical (unpaired) electrons. The lowest BCUT2D eigenvalue weighted by Crippen LogP contribution is -2.55. The maximum absolute atomic E-state index is 12.4. The van der Waals surface area contributed by atoms with E-state index >= 15 is 0 Å². The fraction of sp³-hybridized carbons (Fsp3) is 0.452. The van der Waals surface area contributed by atoms with Crippen LogP contribution in [-0.4, -0.2) is 35.4 Å². The molecule has 0 atom stereocenters. The third-order valence-electron chi connectivity index (χ3n) is 4.83. The third kappa shape index (κ3) is 20.5. The molecule has 0 aliphatic heterocycles. The first-order chi connectivity index (χ1) is 17.7. The Morgan fingerprint density at radius 1 is 0.703 bits per heavy atom. The van der Waals surface area contributed by atoms with E-state index in [0.29, 0.717) is 6.42 Å². The third-order valence-corrected chi connectivity index (χ3v) is 4.83. The molecule has 0 aromatic rings. The lowest BCUT2D eigenvalue weighted by Gasteiger charge is -2.34. The van der Waals surface area contributed by atoms with Gasteiger partial charge in [0.15, 0.2) is 0 Å². The fourth-order valence-corrected chi connectivity index (χ4v) is 2.87.